The number of nitrogens with one attached hydrogen (secondary N) is 1. The Morgan fingerprint density at radius 1 is 1.47 bits per heavy atom. The molecule has 0 aromatic carbocycles. The molecule has 0 radical (unpaired) electrons. The SMILES string of the molecule is C#CCNCc1nc(-c2cnc3ccsc3c2)no1. The number of hydrogen-bond acceptors (Lipinski definition) is 6. The summed E-state index contributed by atoms with van der Waals surface area (Å²) < 4.78 is 6.25. The average molecular weight is 270 g/mol. The molecule has 3 aromatic heterocycles. The molecule has 94 valence electrons. The summed E-state index contributed by atoms with van der Waals surface area (Å²) in [7, 11) is 0. The second-order valence-electron chi connectivity index (χ2n) is 3.85. The van der Waals surface area contributed by atoms with E-state index in [0.29, 0.717) is 24.8 Å². The van der Waals surface area contributed by atoms with E-state index in [4.69, 9.17) is 10.9 Å². The zero-order valence-corrected chi connectivity index (χ0v) is 10.8. The highest BCUT2D eigenvalue weighted by molar-refractivity contribution is 7.17. The van der Waals surface area contributed by atoms with Crippen molar-refractivity contribution in [3.05, 3.63) is 29.6 Å². The molecule has 0 aliphatic carbocycles. The van der Waals surface area contributed by atoms with Crippen molar-refractivity contribution in [3.63, 3.8) is 0 Å². The fraction of sp³-hybridized carbons (Fsp3) is 0.154. The molecule has 3 heterocycles. The molecule has 0 unspecified atom stereocenters. The molecule has 3 rings (SSSR count). The van der Waals surface area contributed by atoms with Crippen LogP contribution in [0.1, 0.15) is 5.89 Å². The monoisotopic (exact) mass is 270 g/mol. The van der Waals surface area contributed by atoms with Gasteiger partial charge in [-0.15, -0.1) is 17.8 Å². The van der Waals surface area contributed by atoms with Crippen LogP contribution >= 0.6 is 11.3 Å². The lowest BCUT2D eigenvalue weighted by molar-refractivity contribution is 0.370. The topological polar surface area (TPSA) is 63.8 Å². The minimum absolute atomic E-state index is 0.464. The van der Waals surface area contributed by atoms with Crippen LogP contribution in [0.2, 0.25) is 0 Å². The number of thiophene rings is 1. The minimum atomic E-state index is 0.464. The summed E-state index contributed by atoms with van der Waals surface area (Å²) in [5.41, 5.74) is 1.83. The first-order chi connectivity index (χ1) is 9.36. The van der Waals surface area contributed by atoms with Crippen LogP contribution in [-0.4, -0.2) is 21.7 Å². The Bertz CT molecular complexity index is 740. The third-order valence-electron chi connectivity index (χ3n) is 2.53. The van der Waals surface area contributed by atoms with Gasteiger partial charge in [0.2, 0.25) is 11.7 Å². The third-order valence-corrected chi connectivity index (χ3v) is 3.39. The van der Waals surface area contributed by atoms with Crippen molar-refractivity contribution in [2.24, 2.45) is 0 Å². The number of fused-ring (bicyclic) bond motifs is 1. The standard InChI is InChI=1S/C13H10N4OS/c1-2-4-14-8-12-16-13(17-18-12)9-6-11-10(15-7-9)3-5-19-11/h1,3,5-7,14H,4,8H2. The van der Waals surface area contributed by atoms with Crippen molar-refractivity contribution in [2.45, 2.75) is 6.54 Å². The molecule has 1 N–H and O–H groups in total. The van der Waals surface area contributed by atoms with E-state index in [9.17, 15) is 0 Å². The van der Waals surface area contributed by atoms with Crippen molar-refractivity contribution < 1.29 is 4.52 Å². The van der Waals surface area contributed by atoms with Crippen LogP contribution in [0, 0.1) is 12.3 Å². The maximum absolute atomic E-state index is 5.15. The van der Waals surface area contributed by atoms with E-state index in [-0.39, 0.29) is 0 Å². The summed E-state index contributed by atoms with van der Waals surface area (Å²) in [4.78, 5) is 8.65. The van der Waals surface area contributed by atoms with Crippen LogP contribution in [-0.2, 0) is 6.54 Å². The normalized spacial score (nSPS) is 10.7. The summed E-state index contributed by atoms with van der Waals surface area (Å²) in [6.45, 7) is 0.937. The first-order valence-electron chi connectivity index (χ1n) is 5.67. The van der Waals surface area contributed by atoms with Gasteiger partial charge < -0.3 is 4.52 Å². The van der Waals surface area contributed by atoms with E-state index in [1.54, 1.807) is 17.5 Å². The zero-order chi connectivity index (χ0) is 13.1. The molecule has 0 amide bonds. The maximum Gasteiger partial charge on any atom is 0.240 e. The molecule has 0 atom stereocenters. The Kier molecular flexibility index (Phi) is 3.23. The van der Waals surface area contributed by atoms with E-state index < -0.39 is 0 Å². The van der Waals surface area contributed by atoms with Crippen molar-refractivity contribution >= 4 is 21.6 Å². The Labute approximate surface area is 113 Å². The smallest absolute Gasteiger partial charge is 0.240 e. The maximum atomic E-state index is 5.15. The van der Waals surface area contributed by atoms with E-state index in [0.717, 1.165) is 15.8 Å². The van der Waals surface area contributed by atoms with Crippen LogP contribution in [0.3, 0.4) is 0 Å². The Hall–Kier alpha value is -2.23. The fourth-order valence-corrected chi connectivity index (χ4v) is 2.43. The number of aromatic nitrogens is 3. The zero-order valence-electron chi connectivity index (χ0n) is 9.96. The van der Waals surface area contributed by atoms with Crippen LogP contribution in [0.4, 0.5) is 0 Å². The van der Waals surface area contributed by atoms with Gasteiger partial charge >= 0.3 is 0 Å². The van der Waals surface area contributed by atoms with Crippen molar-refractivity contribution in [3.8, 4) is 23.7 Å². The average Bonchev–Trinajstić information content (AvgIpc) is 3.06. The second kappa shape index (κ2) is 5.18. The van der Waals surface area contributed by atoms with Gasteiger partial charge in [-0.3, -0.25) is 10.3 Å². The quantitative estimate of drug-likeness (QED) is 0.581. The number of rotatable bonds is 4. The summed E-state index contributed by atoms with van der Waals surface area (Å²) in [5.74, 6) is 3.54. The summed E-state index contributed by atoms with van der Waals surface area (Å²) >= 11 is 1.64. The van der Waals surface area contributed by atoms with Gasteiger partial charge in [-0.2, -0.15) is 4.98 Å². The first kappa shape index (κ1) is 11.8. The van der Waals surface area contributed by atoms with Crippen molar-refractivity contribution in [2.75, 3.05) is 6.54 Å². The summed E-state index contributed by atoms with van der Waals surface area (Å²) in [6, 6.07) is 3.99. The predicted octanol–water partition coefficient (Wildman–Crippen LogP) is 2.07. The molecule has 0 saturated carbocycles. The summed E-state index contributed by atoms with van der Waals surface area (Å²) in [5, 5.41) is 8.95. The van der Waals surface area contributed by atoms with Crippen molar-refractivity contribution in [1.82, 2.24) is 20.4 Å². The van der Waals surface area contributed by atoms with Gasteiger partial charge in [-0.1, -0.05) is 11.1 Å². The predicted molar refractivity (Wildman–Crippen MR) is 73.5 cm³/mol. The van der Waals surface area contributed by atoms with E-state index >= 15 is 0 Å². The number of pyridine rings is 1. The Balaban J connectivity index is 1.83. The van der Waals surface area contributed by atoms with E-state index in [2.05, 4.69) is 26.4 Å². The molecular weight excluding hydrogens is 260 g/mol. The number of nitrogens with zero attached hydrogens (tertiary/aromatic N) is 3. The van der Waals surface area contributed by atoms with Gasteiger partial charge in [0, 0.05) is 11.8 Å². The largest absolute Gasteiger partial charge is 0.338 e. The molecule has 3 aromatic rings. The molecule has 0 spiro atoms. The van der Waals surface area contributed by atoms with Crippen LogP contribution in [0.15, 0.2) is 28.2 Å². The summed E-state index contributed by atoms with van der Waals surface area (Å²) in [6.07, 6.45) is 6.89. The molecule has 5 nitrogen and oxygen atoms in total. The molecule has 19 heavy (non-hydrogen) atoms. The lowest BCUT2D eigenvalue weighted by Crippen LogP contribution is -2.13. The molecule has 0 bridgehead atoms. The third kappa shape index (κ3) is 2.47. The van der Waals surface area contributed by atoms with Gasteiger partial charge in [-0.05, 0) is 17.5 Å². The molecule has 0 saturated heterocycles. The van der Waals surface area contributed by atoms with Gasteiger partial charge in [0.15, 0.2) is 0 Å². The minimum Gasteiger partial charge on any atom is -0.338 e. The van der Waals surface area contributed by atoms with Gasteiger partial charge in [-0.25, -0.2) is 0 Å². The first-order valence-corrected chi connectivity index (χ1v) is 6.55. The van der Waals surface area contributed by atoms with E-state index in [1.165, 1.54) is 0 Å². The number of hydrogen-bond donors (Lipinski definition) is 1. The van der Waals surface area contributed by atoms with Gasteiger partial charge in [0.25, 0.3) is 0 Å². The molecule has 0 aliphatic heterocycles. The molecular formula is C13H10N4OS. The van der Waals surface area contributed by atoms with Crippen LogP contribution < -0.4 is 5.32 Å². The fourth-order valence-electron chi connectivity index (χ4n) is 1.65. The molecule has 0 aliphatic rings. The van der Waals surface area contributed by atoms with Gasteiger partial charge in [0.1, 0.15) is 0 Å². The lowest BCUT2D eigenvalue weighted by atomic mass is 10.2. The number of terminal acetylenes is 1. The highest BCUT2D eigenvalue weighted by Gasteiger charge is 2.09. The second-order valence-corrected chi connectivity index (χ2v) is 4.80. The highest BCUT2D eigenvalue weighted by Crippen LogP contribution is 2.24. The van der Waals surface area contributed by atoms with Gasteiger partial charge in [0.05, 0.1) is 23.3 Å². The van der Waals surface area contributed by atoms with E-state index in [1.807, 2.05) is 17.5 Å². The van der Waals surface area contributed by atoms with Crippen LogP contribution in [0.25, 0.3) is 21.6 Å². The molecule has 6 heteroatoms. The Morgan fingerprint density at radius 3 is 3.32 bits per heavy atom. The Morgan fingerprint density at radius 2 is 2.42 bits per heavy atom. The lowest BCUT2D eigenvalue weighted by Gasteiger charge is -1.94. The van der Waals surface area contributed by atoms with Crippen molar-refractivity contribution in [1.29, 1.82) is 0 Å². The molecule has 0 fully saturated rings. The highest BCUT2D eigenvalue weighted by atomic mass is 32.1. The van der Waals surface area contributed by atoms with Crippen LogP contribution in [0.5, 0.6) is 0 Å².